The van der Waals surface area contributed by atoms with Crippen molar-refractivity contribution < 1.29 is 9.53 Å². The number of carbonyl (C=O) groups excluding carboxylic acids is 1. The number of methoxy groups -OCH3 is 1. The van der Waals surface area contributed by atoms with E-state index in [1.54, 1.807) is 37.1 Å². The van der Waals surface area contributed by atoms with Crippen molar-refractivity contribution >= 4 is 39.1 Å². The van der Waals surface area contributed by atoms with Crippen molar-refractivity contribution in [3.8, 4) is 11.3 Å². The zero-order valence-electron chi connectivity index (χ0n) is 14.3. The first-order chi connectivity index (χ1) is 13.2. The summed E-state index contributed by atoms with van der Waals surface area (Å²) >= 11 is 3.56. The van der Waals surface area contributed by atoms with E-state index in [0.717, 1.165) is 32.9 Å². The van der Waals surface area contributed by atoms with Gasteiger partial charge in [0.05, 0.1) is 12.7 Å². The summed E-state index contributed by atoms with van der Waals surface area (Å²) in [5.74, 6) is 0.373. The average molecular weight is 424 g/mol. The van der Waals surface area contributed by atoms with Crippen LogP contribution in [-0.2, 0) is 4.74 Å². The molecule has 4 rings (SSSR count). The van der Waals surface area contributed by atoms with Crippen molar-refractivity contribution in [1.29, 1.82) is 0 Å². The fourth-order valence-electron chi connectivity index (χ4n) is 2.70. The Morgan fingerprint density at radius 2 is 1.89 bits per heavy atom. The molecule has 0 radical (unpaired) electrons. The Morgan fingerprint density at radius 1 is 1.11 bits per heavy atom. The van der Waals surface area contributed by atoms with E-state index in [-0.39, 0.29) is 5.97 Å². The molecule has 8 heteroatoms. The summed E-state index contributed by atoms with van der Waals surface area (Å²) < 4.78 is 7.49. The van der Waals surface area contributed by atoms with E-state index in [1.165, 1.54) is 7.11 Å². The molecule has 27 heavy (non-hydrogen) atoms. The molecule has 0 amide bonds. The topological polar surface area (TPSA) is 81.4 Å². The summed E-state index contributed by atoms with van der Waals surface area (Å²) in [6.07, 6.45) is 6.86. The molecule has 0 bridgehead atoms. The molecule has 7 nitrogen and oxygen atoms in total. The highest BCUT2D eigenvalue weighted by atomic mass is 79.9. The Hall–Kier alpha value is -3.26. The van der Waals surface area contributed by atoms with Gasteiger partial charge in [0.15, 0.2) is 0 Å². The largest absolute Gasteiger partial charge is 0.465 e. The van der Waals surface area contributed by atoms with E-state index in [1.807, 2.05) is 28.7 Å². The first-order valence-corrected chi connectivity index (χ1v) is 8.84. The van der Waals surface area contributed by atoms with Crippen molar-refractivity contribution in [3.05, 3.63) is 71.4 Å². The number of esters is 1. The third-order valence-corrected chi connectivity index (χ3v) is 4.71. The Labute approximate surface area is 163 Å². The van der Waals surface area contributed by atoms with Gasteiger partial charge in [-0.15, -0.1) is 0 Å². The molecule has 0 spiro atoms. The van der Waals surface area contributed by atoms with Gasteiger partial charge in [0, 0.05) is 34.3 Å². The molecule has 134 valence electrons. The van der Waals surface area contributed by atoms with Gasteiger partial charge in [-0.25, -0.2) is 14.8 Å². The highest BCUT2D eigenvalue weighted by molar-refractivity contribution is 9.10. The van der Waals surface area contributed by atoms with Crippen molar-refractivity contribution in [2.75, 3.05) is 12.4 Å². The van der Waals surface area contributed by atoms with Crippen molar-refractivity contribution in [2.24, 2.45) is 0 Å². The zero-order valence-corrected chi connectivity index (χ0v) is 15.8. The lowest BCUT2D eigenvalue weighted by atomic mass is 10.2. The Kier molecular flexibility index (Phi) is 4.55. The highest BCUT2D eigenvalue weighted by Gasteiger charge is 2.17. The molecule has 0 atom stereocenters. The van der Waals surface area contributed by atoms with Gasteiger partial charge >= 0.3 is 5.97 Å². The number of rotatable bonds is 4. The Balaban J connectivity index is 1.80. The zero-order chi connectivity index (χ0) is 18.8. The lowest BCUT2D eigenvalue weighted by molar-refractivity contribution is 0.0601. The van der Waals surface area contributed by atoms with Gasteiger partial charge in [-0.05, 0) is 52.3 Å². The summed E-state index contributed by atoms with van der Waals surface area (Å²) in [4.78, 5) is 24.7. The smallest absolute Gasteiger partial charge is 0.337 e. The second-order valence-electron chi connectivity index (χ2n) is 5.67. The fraction of sp³-hybridized carbons (Fsp3) is 0.0526. The molecular weight excluding hydrogens is 410 g/mol. The fourth-order valence-corrected chi connectivity index (χ4v) is 3.11. The number of hydrogen-bond acceptors (Lipinski definition) is 6. The molecule has 0 aliphatic heterocycles. The van der Waals surface area contributed by atoms with Crippen LogP contribution in [0.5, 0.6) is 0 Å². The molecule has 3 aromatic heterocycles. The van der Waals surface area contributed by atoms with Crippen molar-refractivity contribution in [2.45, 2.75) is 0 Å². The summed E-state index contributed by atoms with van der Waals surface area (Å²) in [6.45, 7) is 0. The van der Waals surface area contributed by atoms with Gasteiger partial charge in [-0.1, -0.05) is 0 Å². The van der Waals surface area contributed by atoms with Crippen LogP contribution in [-0.4, -0.2) is 32.4 Å². The molecular formula is C19H14BrN5O2. The minimum absolute atomic E-state index is 0.375. The number of fused-ring (bicyclic) bond motifs is 1. The third-order valence-electron chi connectivity index (χ3n) is 4.02. The number of pyridine rings is 1. The van der Waals surface area contributed by atoms with Gasteiger partial charge in [-0.2, -0.15) is 0 Å². The van der Waals surface area contributed by atoms with Crippen LogP contribution in [0.15, 0.2) is 65.8 Å². The molecule has 0 fully saturated rings. The van der Waals surface area contributed by atoms with Gasteiger partial charge in [-0.3, -0.25) is 9.38 Å². The number of carbonyl (C=O) groups is 1. The Morgan fingerprint density at radius 3 is 2.63 bits per heavy atom. The number of aromatic nitrogens is 4. The number of imidazole rings is 1. The van der Waals surface area contributed by atoms with Crippen LogP contribution in [0.1, 0.15) is 10.4 Å². The normalized spacial score (nSPS) is 10.7. The van der Waals surface area contributed by atoms with Crippen LogP contribution in [0.3, 0.4) is 0 Å². The van der Waals surface area contributed by atoms with Gasteiger partial charge < -0.3 is 10.1 Å². The number of benzene rings is 1. The minimum atomic E-state index is -0.375. The van der Waals surface area contributed by atoms with Crippen LogP contribution < -0.4 is 5.32 Å². The summed E-state index contributed by atoms with van der Waals surface area (Å²) in [5.41, 5.74) is 3.63. The third kappa shape index (κ3) is 3.26. The van der Waals surface area contributed by atoms with Crippen molar-refractivity contribution in [1.82, 2.24) is 19.4 Å². The summed E-state index contributed by atoms with van der Waals surface area (Å²) in [6, 6.07) is 10.7. The number of halogens is 1. The van der Waals surface area contributed by atoms with Gasteiger partial charge in [0.2, 0.25) is 0 Å². The monoisotopic (exact) mass is 423 g/mol. The minimum Gasteiger partial charge on any atom is -0.465 e. The van der Waals surface area contributed by atoms with Crippen LogP contribution in [0.2, 0.25) is 0 Å². The van der Waals surface area contributed by atoms with Crippen LogP contribution in [0.4, 0.5) is 11.5 Å². The molecule has 0 saturated carbocycles. The molecule has 0 aliphatic rings. The van der Waals surface area contributed by atoms with E-state index in [9.17, 15) is 4.79 Å². The lowest BCUT2D eigenvalue weighted by Gasteiger charge is -2.10. The van der Waals surface area contributed by atoms with E-state index < -0.39 is 0 Å². The van der Waals surface area contributed by atoms with Crippen LogP contribution in [0.25, 0.3) is 16.9 Å². The molecule has 1 N–H and O–H groups in total. The van der Waals surface area contributed by atoms with Gasteiger partial charge in [0.1, 0.15) is 23.5 Å². The number of nitrogens with one attached hydrogen (secondary N) is 1. The molecule has 0 unspecified atom stereocenters. The maximum atomic E-state index is 11.6. The Bertz CT molecular complexity index is 1120. The highest BCUT2D eigenvalue weighted by Crippen LogP contribution is 2.34. The summed E-state index contributed by atoms with van der Waals surface area (Å²) in [5, 5.41) is 3.37. The number of ether oxygens (including phenoxy) is 1. The van der Waals surface area contributed by atoms with Crippen LogP contribution >= 0.6 is 15.9 Å². The number of nitrogens with zero attached hydrogens (tertiary/aromatic N) is 4. The predicted molar refractivity (Wildman–Crippen MR) is 105 cm³/mol. The first-order valence-electron chi connectivity index (χ1n) is 8.04. The second-order valence-corrected chi connectivity index (χ2v) is 6.52. The van der Waals surface area contributed by atoms with Crippen molar-refractivity contribution in [3.63, 3.8) is 0 Å². The number of anilines is 2. The second kappa shape index (κ2) is 7.16. The first kappa shape index (κ1) is 17.2. The predicted octanol–water partition coefficient (Wildman–Crippen LogP) is 4.08. The van der Waals surface area contributed by atoms with E-state index in [4.69, 9.17) is 9.72 Å². The quantitative estimate of drug-likeness (QED) is 0.498. The van der Waals surface area contributed by atoms with E-state index >= 15 is 0 Å². The molecule has 1 aromatic carbocycles. The molecule has 4 aromatic rings. The van der Waals surface area contributed by atoms with E-state index in [2.05, 4.69) is 31.2 Å². The van der Waals surface area contributed by atoms with Crippen LogP contribution in [0, 0.1) is 0 Å². The standard InChI is InChI=1S/C19H14BrN5O2/c1-27-19(26)12-2-4-13(5-3-12)23-18-17(14-10-21-8-6-15(14)20)24-16-7-9-22-11-25(16)18/h2-11,23H,1H3. The number of hydrogen-bond donors (Lipinski definition) is 1. The molecule has 0 aliphatic carbocycles. The average Bonchev–Trinajstić information content (AvgIpc) is 3.06. The maximum Gasteiger partial charge on any atom is 0.337 e. The summed E-state index contributed by atoms with van der Waals surface area (Å²) in [7, 11) is 1.36. The molecule has 3 heterocycles. The van der Waals surface area contributed by atoms with Gasteiger partial charge in [0.25, 0.3) is 0 Å². The van der Waals surface area contributed by atoms with E-state index in [0.29, 0.717) is 5.56 Å². The SMILES string of the molecule is COC(=O)c1ccc(Nc2c(-c3cnccc3Br)nc3ccncn23)cc1. The molecule has 0 saturated heterocycles. The maximum absolute atomic E-state index is 11.6. The lowest BCUT2D eigenvalue weighted by Crippen LogP contribution is -2.02.